The van der Waals surface area contributed by atoms with Gasteiger partial charge in [0.1, 0.15) is 0 Å². The highest BCUT2D eigenvalue weighted by Crippen LogP contribution is 2.46. The van der Waals surface area contributed by atoms with E-state index in [0.717, 1.165) is 18.4 Å². The molecule has 1 fully saturated rings. The molecular weight excluding hydrogens is 368 g/mol. The number of carbonyl (C=O) groups is 2. The van der Waals surface area contributed by atoms with Crippen molar-refractivity contribution < 1.29 is 19.1 Å². The van der Waals surface area contributed by atoms with Crippen LogP contribution < -0.4 is 20.1 Å². The van der Waals surface area contributed by atoms with Crippen LogP contribution in [0.15, 0.2) is 48.5 Å². The molecule has 2 aromatic carbocycles. The number of amides is 2. The zero-order valence-corrected chi connectivity index (χ0v) is 16.9. The van der Waals surface area contributed by atoms with Crippen LogP contribution in [0.2, 0.25) is 0 Å². The van der Waals surface area contributed by atoms with Gasteiger partial charge in [-0.05, 0) is 54.5 Å². The molecule has 1 unspecified atom stereocenters. The smallest absolute Gasteiger partial charge is 0.251 e. The Kier molecular flexibility index (Phi) is 7.11. The van der Waals surface area contributed by atoms with E-state index >= 15 is 0 Å². The van der Waals surface area contributed by atoms with Crippen LogP contribution in [0.4, 0.5) is 0 Å². The van der Waals surface area contributed by atoms with Crippen molar-refractivity contribution in [3.05, 3.63) is 59.7 Å². The van der Waals surface area contributed by atoms with Gasteiger partial charge in [-0.2, -0.15) is 0 Å². The van der Waals surface area contributed by atoms with E-state index in [1.54, 1.807) is 26.4 Å². The van der Waals surface area contributed by atoms with Crippen LogP contribution in [-0.2, 0) is 4.79 Å². The lowest BCUT2D eigenvalue weighted by atomic mass is 9.90. The van der Waals surface area contributed by atoms with Gasteiger partial charge in [0.2, 0.25) is 5.91 Å². The minimum atomic E-state index is -0.138. The van der Waals surface area contributed by atoms with E-state index in [1.165, 1.54) is 0 Å². The minimum Gasteiger partial charge on any atom is -0.493 e. The number of hydrogen-bond donors (Lipinski definition) is 2. The van der Waals surface area contributed by atoms with Gasteiger partial charge in [0.05, 0.1) is 14.2 Å². The van der Waals surface area contributed by atoms with Gasteiger partial charge in [-0.15, -0.1) is 0 Å². The first kappa shape index (κ1) is 20.7. The third-order valence-corrected chi connectivity index (χ3v) is 5.20. The first-order chi connectivity index (χ1) is 14.1. The van der Waals surface area contributed by atoms with E-state index in [-0.39, 0.29) is 17.7 Å². The highest BCUT2D eigenvalue weighted by molar-refractivity contribution is 5.94. The molecule has 2 N–H and O–H groups in total. The van der Waals surface area contributed by atoms with Crippen molar-refractivity contribution in [2.45, 2.75) is 25.2 Å². The van der Waals surface area contributed by atoms with Gasteiger partial charge in [-0.1, -0.05) is 24.3 Å². The van der Waals surface area contributed by atoms with E-state index in [4.69, 9.17) is 9.47 Å². The quantitative estimate of drug-likeness (QED) is 0.605. The predicted octanol–water partition coefficient (Wildman–Crippen LogP) is 3.13. The van der Waals surface area contributed by atoms with Gasteiger partial charge < -0.3 is 20.1 Å². The Hall–Kier alpha value is -3.02. The van der Waals surface area contributed by atoms with Gasteiger partial charge >= 0.3 is 0 Å². The third-order valence-electron chi connectivity index (χ3n) is 5.20. The van der Waals surface area contributed by atoms with Crippen LogP contribution in [0.3, 0.4) is 0 Å². The lowest BCUT2D eigenvalue weighted by molar-refractivity contribution is -0.121. The summed E-state index contributed by atoms with van der Waals surface area (Å²) in [5.74, 6) is 1.90. The summed E-state index contributed by atoms with van der Waals surface area (Å²) in [6.07, 6.45) is 2.70. The lowest BCUT2D eigenvalue weighted by Crippen LogP contribution is -2.35. The molecule has 2 amide bonds. The second-order valence-corrected chi connectivity index (χ2v) is 7.23. The molecule has 0 radical (unpaired) electrons. The Morgan fingerprint density at radius 2 is 1.66 bits per heavy atom. The fourth-order valence-corrected chi connectivity index (χ4v) is 3.48. The van der Waals surface area contributed by atoms with Gasteiger partial charge in [0, 0.05) is 25.1 Å². The van der Waals surface area contributed by atoms with Gasteiger partial charge in [-0.3, -0.25) is 9.59 Å². The maximum Gasteiger partial charge on any atom is 0.251 e. The van der Waals surface area contributed by atoms with E-state index in [9.17, 15) is 9.59 Å². The van der Waals surface area contributed by atoms with Crippen LogP contribution >= 0.6 is 0 Å². The molecule has 154 valence electrons. The standard InChI is InChI=1S/C23H28N2O4/c1-28-20-11-10-18(14-21(20)29-2)19(16-8-9-16)15-22(26)24-12-13-25-23(27)17-6-4-3-5-7-17/h3-7,10-11,14,16,19H,8-9,12-13,15H2,1-2H3,(H,24,26)(H,25,27). The van der Waals surface area contributed by atoms with Gasteiger partial charge in [0.25, 0.3) is 5.91 Å². The highest BCUT2D eigenvalue weighted by Gasteiger charge is 2.34. The number of carbonyl (C=O) groups excluding carboxylic acids is 2. The SMILES string of the molecule is COc1ccc(C(CC(=O)NCCNC(=O)c2ccccc2)C2CC2)cc1OC. The molecule has 0 spiro atoms. The number of methoxy groups -OCH3 is 2. The predicted molar refractivity (Wildman–Crippen MR) is 111 cm³/mol. The molecule has 3 rings (SSSR count). The summed E-state index contributed by atoms with van der Waals surface area (Å²) in [4.78, 5) is 24.5. The number of hydrogen-bond acceptors (Lipinski definition) is 4. The van der Waals surface area contributed by atoms with Crippen molar-refractivity contribution in [2.75, 3.05) is 27.3 Å². The Morgan fingerprint density at radius 3 is 2.31 bits per heavy atom. The average Bonchev–Trinajstić information content (AvgIpc) is 3.60. The molecule has 1 saturated carbocycles. The van der Waals surface area contributed by atoms with Crippen molar-refractivity contribution >= 4 is 11.8 Å². The summed E-state index contributed by atoms with van der Waals surface area (Å²) < 4.78 is 10.7. The van der Waals surface area contributed by atoms with Crippen LogP contribution in [0.5, 0.6) is 11.5 Å². The molecule has 0 bridgehead atoms. The molecular formula is C23H28N2O4. The largest absolute Gasteiger partial charge is 0.493 e. The van der Waals surface area contributed by atoms with Crippen molar-refractivity contribution in [1.82, 2.24) is 10.6 Å². The van der Waals surface area contributed by atoms with E-state index < -0.39 is 0 Å². The molecule has 0 heterocycles. The number of benzene rings is 2. The zero-order valence-electron chi connectivity index (χ0n) is 16.9. The van der Waals surface area contributed by atoms with Crippen molar-refractivity contribution in [1.29, 1.82) is 0 Å². The maximum atomic E-state index is 12.5. The van der Waals surface area contributed by atoms with E-state index in [1.807, 2.05) is 36.4 Å². The van der Waals surface area contributed by atoms with Crippen molar-refractivity contribution in [3.63, 3.8) is 0 Å². The van der Waals surface area contributed by atoms with Gasteiger partial charge in [0.15, 0.2) is 11.5 Å². The minimum absolute atomic E-state index is 0.00866. The van der Waals surface area contributed by atoms with Crippen LogP contribution in [0.25, 0.3) is 0 Å². The Morgan fingerprint density at radius 1 is 0.966 bits per heavy atom. The third kappa shape index (κ3) is 5.73. The summed E-state index contributed by atoms with van der Waals surface area (Å²) in [5.41, 5.74) is 1.71. The number of rotatable bonds is 10. The van der Waals surface area contributed by atoms with Crippen molar-refractivity contribution in [2.24, 2.45) is 5.92 Å². The summed E-state index contributed by atoms with van der Waals surface area (Å²) in [5, 5.41) is 5.73. The molecule has 2 aromatic rings. The molecule has 6 nitrogen and oxygen atoms in total. The number of ether oxygens (including phenoxy) is 2. The average molecular weight is 396 g/mol. The first-order valence-corrected chi connectivity index (χ1v) is 9.94. The Bertz CT molecular complexity index is 834. The van der Waals surface area contributed by atoms with Gasteiger partial charge in [-0.25, -0.2) is 0 Å². The normalized spacial score (nSPS) is 14.0. The zero-order chi connectivity index (χ0) is 20.6. The highest BCUT2D eigenvalue weighted by atomic mass is 16.5. The van der Waals surface area contributed by atoms with E-state index in [0.29, 0.717) is 42.5 Å². The maximum absolute atomic E-state index is 12.5. The Balaban J connectivity index is 1.50. The molecule has 1 atom stereocenters. The second kappa shape index (κ2) is 9.96. The van der Waals surface area contributed by atoms with Crippen LogP contribution in [0.1, 0.15) is 41.1 Å². The second-order valence-electron chi connectivity index (χ2n) is 7.23. The molecule has 29 heavy (non-hydrogen) atoms. The number of nitrogens with one attached hydrogen (secondary N) is 2. The van der Waals surface area contributed by atoms with Crippen LogP contribution in [-0.4, -0.2) is 39.1 Å². The molecule has 0 saturated heterocycles. The summed E-state index contributed by atoms with van der Waals surface area (Å²) in [6, 6.07) is 14.9. The fraction of sp³-hybridized carbons (Fsp3) is 0.391. The summed E-state index contributed by atoms with van der Waals surface area (Å²) in [7, 11) is 3.23. The van der Waals surface area contributed by atoms with E-state index in [2.05, 4.69) is 10.6 Å². The lowest BCUT2D eigenvalue weighted by Gasteiger charge is -2.18. The molecule has 0 aliphatic heterocycles. The summed E-state index contributed by atoms with van der Waals surface area (Å²) >= 11 is 0. The van der Waals surface area contributed by atoms with Crippen LogP contribution in [0, 0.1) is 5.92 Å². The molecule has 1 aliphatic rings. The van der Waals surface area contributed by atoms with Crippen molar-refractivity contribution in [3.8, 4) is 11.5 Å². The fourth-order valence-electron chi connectivity index (χ4n) is 3.48. The monoisotopic (exact) mass is 396 g/mol. The topological polar surface area (TPSA) is 76.7 Å². The molecule has 0 aromatic heterocycles. The molecule has 6 heteroatoms. The first-order valence-electron chi connectivity index (χ1n) is 9.94. The summed E-state index contributed by atoms with van der Waals surface area (Å²) in [6.45, 7) is 0.796. The molecule has 1 aliphatic carbocycles. The Labute approximate surface area is 171 Å².